The van der Waals surface area contributed by atoms with Gasteiger partial charge in [-0.2, -0.15) is 0 Å². The number of halogens is 1. The predicted molar refractivity (Wildman–Crippen MR) is 111 cm³/mol. The van der Waals surface area contributed by atoms with Crippen molar-refractivity contribution in [2.24, 2.45) is 0 Å². The molecule has 6 nitrogen and oxygen atoms in total. The van der Waals surface area contributed by atoms with Crippen molar-refractivity contribution in [1.29, 1.82) is 0 Å². The van der Waals surface area contributed by atoms with E-state index >= 15 is 0 Å². The van der Waals surface area contributed by atoms with Gasteiger partial charge in [0.2, 0.25) is 0 Å². The van der Waals surface area contributed by atoms with Crippen LogP contribution in [0.3, 0.4) is 0 Å². The summed E-state index contributed by atoms with van der Waals surface area (Å²) in [6.07, 6.45) is 7.23. The molecule has 1 N–H and O–H groups in total. The van der Waals surface area contributed by atoms with Crippen LogP contribution in [0.4, 0.5) is 0 Å². The summed E-state index contributed by atoms with van der Waals surface area (Å²) >= 11 is 6.28. The van der Waals surface area contributed by atoms with Gasteiger partial charge in [0.15, 0.2) is 0 Å². The number of methoxy groups -OCH3 is 1. The largest absolute Gasteiger partial charge is 0.497 e. The lowest BCUT2D eigenvalue weighted by molar-refractivity contribution is 0.0697. The zero-order chi connectivity index (χ0) is 20.6. The number of imidazole rings is 1. The van der Waals surface area contributed by atoms with Gasteiger partial charge in [0.05, 0.1) is 32.2 Å². The molecule has 150 valence electrons. The molecule has 0 amide bonds. The Bertz CT molecular complexity index is 983. The van der Waals surface area contributed by atoms with E-state index in [4.69, 9.17) is 26.2 Å². The smallest absolute Gasteiger partial charge is 0.335 e. The molecule has 0 aliphatic carbocycles. The Morgan fingerprint density at radius 3 is 2.66 bits per heavy atom. The normalized spacial score (nSPS) is 11.4. The summed E-state index contributed by atoms with van der Waals surface area (Å²) in [6, 6.07) is 12.4. The van der Waals surface area contributed by atoms with Crippen molar-refractivity contribution in [3.8, 4) is 5.75 Å². The molecule has 0 bridgehead atoms. The molecule has 0 saturated carbocycles. The van der Waals surface area contributed by atoms with Gasteiger partial charge in [-0.15, -0.1) is 0 Å². The van der Waals surface area contributed by atoms with E-state index < -0.39 is 5.97 Å². The Hall–Kier alpha value is -3.09. The molecule has 0 atom stereocenters. The third-order valence-corrected chi connectivity index (χ3v) is 4.59. The van der Waals surface area contributed by atoms with E-state index in [1.165, 1.54) is 12.1 Å². The van der Waals surface area contributed by atoms with Crippen LogP contribution in [0.2, 0.25) is 5.02 Å². The fourth-order valence-electron chi connectivity index (χ4n) is 2.77. The number of aromatic nitrogens is 2. The van der Waals surface area contributed by atoms with Crippen LogP contribution in [0, 0.1) is 0 Å². The highest BCUT2D eigenvalue weighted by molar-refractivity contribution is 6.32. The second-order valence-electron chi connectivity index (χ2n) is 6.42. The second kappa shape index (κ2) is 9.91. The maximum Gasteiger partial charge on any atom is 0.335 e. The third kappa shape index (κ3) is 5.94. The summed E-state index contributed by atoms with van der Waals surface area (Å²) in [4.78, 5) is 15.2. The number of nitrogens with zero attached hydrogens (tertiary/aromatic N) is 2. The van der Waals surface area contributed by atoms with Crippen molar-refractivity contribution < 1.29 is 19.4 Å². The van der Waals surface area contributed by atoms with E-state index in [1.54, 1.807) is 25.7 Å². The molecule has 1 heterocycles. The minimum absolute atomic E-state index is 0.152. The standard InChI is InChI=1S/C22H21ClN2O4/c1-28-20-6-2-16(3-7-20)13-29-14-17(12-25-9-8-24-15-25)10-18-4-5-19(22(26)27)11-21(18)23/h2-11,15H,12-14H2,1H3,(H,26,27)/b17-10+. The van der Waals surface area contributed by atoms with Gasteiger partial charge in [-0.3, -0.25) is 0 Å². The minimum atomic E-state index is -1.01. The van der Waals surface area contributed by atoms with Crippen LogP contribution in [0.25, 0.3) is 6.08 Å². The molecule has 0 saturated heterocycles. The molecule has 3 rings (SSSR count). The topological polar surface area (TPSA) is 73.6 Å². The van der Waals surface area contributed by atoms with Crippen LogP contribution in [0.1, 0.15) is 21.5 Å². The predicted octanol–water partition coefficient (Wildman–Crippen LogP) is 4.54. The van der Waals surface area contributed by atoms with Crippen LogP contribution in [-0.4, -0.2) is 34.3 Å². The van der Waals surface area contributed by atoms with E-state index in [0.717, 1.165) is 22.4 Å². The fraction of sp³-hybridized carbons (Fsp3) is 0.182. The van der Waals surface area contributed by atoms with Crippen molar-refractivity contribution in [1.82, 2.24) is 9.55 Å². The molecule has 2 aromatic carbocycles. The Balaban J connectivity index is 1.73. The lowest BCUT2D eigenvalue weighted by Gasteiger charge is -2.11. The maximum atomic E-state index is 11.1. The van der Waals surface area contributed by atoms with Crippen molar-refractivity contribution >= 4 is 23.6 Å². The summed E-state index contributed by atoms with van der Waals surface area (Å²) in [5.41, 5.74) is 2.90. The number of benzene rings is 2. The van der Waals surface area contributed by atoms with Gasteiger partial charge >= 0.3 is 5.97 Å². The molecular weight excluding hydrogens is 392 g/mol. The number of carboxylic acids is 1. The molecule has 0 aliphatic heterocycles. The highest BCUT2D eigenvalue weighted by Gasteiger charge is 2.08. The summed E-state index contributed by atoms with van der Waals surface area (Å²) in [7, 11) is 1.63. The first kappa shape index (κ1) is 20.6. The lowest BCUT2D eigenvalue weighted by atomic mass is 10.1. The van der Waals surface area contributed by atoms with E-state index in [9.17, 15) is 4.79 Å². The van der Waals surface area contributed by atoms with E-state index in [1.807, 2.05) is 41.1 Å². The van der Waals surface area contributed by atoms with Gasteiger partial charge in [0.25, 0.3) is 0 Å². The zero-order valence-electron chi connectivity index (χ0n) is 15.9. The molecule has 0 unspecified atom stereocenters. The summed E-state index contributed by atoms with van der Waals surface area (Å²) in [5.74, 6) is -0.210. The Morgan fingerprint density at radius 2 is 2.03 bits per heavy atom. The summed E-state index contributed by atoms with van der Waals surface area (Å²) in [6.45, 7) is 1.43. The maximum absolute atomic E-state index is 11.1. The molecule has 1 aromatic heterocycles. The van der Waals surface area contributed by atoms with Crippen LogP contribution in [-0.2, 0) is 17.9 Å². The SMILES string of the molecule is COc1ccc(COC/C(=C/c2ccc(C(=O)O)cc2Cl)Cn2ccnc2)cc1. The van der Waals surface area contributed by atoms with E-state index in [-0.39, 0.29) is 5.56 Å². The van der Waals surface area contributed by atoms with Crippen LogP contribution in [0.5, 0.6) is 5.75 Å². The summed E-state index contributed by atoms with van der Waals surface area (Å²) in [5, 5.41) is 9.48. The zero-order valence-corrected chi connectivity index (χ0v) is 16.7. The molecular formula is C22H21ClN2O4. The highest BCUT2D eigenvalue weighted by Crippen LogP contribution is 2.22. The van der Waals surface area contributed by atoms with Crippen LogP contribution >= 0.6 is 11.6 Å². The van der Waals surface area contributed by atoms with Crippen molar-refractivity contribution in [3.63, 3.8) is 0 Å². The summed E-state index contributed by atoms with van der Waals surface area (Å²) < 4.78 is 13.0. The number of aromatic carboxylic acids is 1. The first-order valence-electron chi connectivity index (χ1n) is 8.94. The Morgan fingerprint density at radius 1 is 1.24 bits per heavy atom. The van der Waals surface area contributed by atoms with Crippen molar-refractivity contribution in [3.05, 3.63) is 88.5 Å². The van der Waals surface area contributed by atoms with Gasteiger partial charge in [-0.05, 0) is 41.0 Å². The molecule has 0 fully saturated rings. The molecule has 0 radical (unpaired) electrons. The number of ether oxygens (including phenoxy) is 2. The number of rotatable bonds is 9. The molecule has 0 aliphatic rings. The van der Waals surface area contributed by atoms with Gasteiger partial charge in [0, 0.05) is 24.0 Å². The number of hydrogen-bond donors (Lipinski definition) is 1. The van der Waals surface area contributed by atoms with Gasteiger partial charge < -0.3 is 19.1 Å². The number of carboxylic acid groups (broad SMARTS) is 1. The Kier molecular flexibility index (Phi) is 7.05. The van der Waals surface area contributed by atoms with Gasteiger partial charge in [-0.1, -0.05) is 35.9 Å². The molecule has 7 heteroatoms. The molecule has 3 aromatic rings. The molecule has 29 heavy (non-hydrogen) atoms. The quantitative estimate of drug-likeness (QED) is 0.558. The van der Waals surface area contributed by atoms with Gasteiger partial charge in [-0.25, -0.2) is 9.78 Å². The first-order valence-corrected chi connectivity index (χ1v) is 9.31. The van der Waals surface area contributed by atoms with Crippen LogP contribution < -0.4 is 4.74 Å². The highest BCUT2D eigenvalue weighted by atomic mass is 35.5. The molecule has 0 spiro atoms. The lowest BCUT2D eigenvalue weighted by Crippen LogP contribution is -2.06. The average molecular weight is 413 g/mol. The second-order valence-corrected chi connectivity index (χ2v) is 6.83. The fourth-order valence-corrected chi connectivity index (χ4v) is 3.00. The number of hydrogen-bond acceptors (Lipinski definition) is 4. The third-order valence-electron chi connectivity index (χ3n) is 4.27. The minimum Gasteiger partial charge on any atom is -0.497 e. The Labute approximate surface area is 174 Å². The number of carbonyl (C=O) groups is 1. The van der Waals surface area contributed by atoms with E-state index in [0.29, 0.717) is 24.8 Å². The van der Waals surface area contributed by atoms with Crippen molar-refractivity contribution in [2.45, 2.75) is 13.2 Å². The monoisotopic (exact) mass is 412 g/mol. The van der Waals surface area contributed by atoms with E-state index in [2.05, 4.69) is 4.98 Å². The van der Waals surface area contributed by atoms with Crippen LogP contribution in [0.15, 0.2) is 66.8 Å². The average Bonchev–Trinajstić information content (AvgIpc) is 3.23. The van der Waals surface area contributed by atoms with Gasteiger partial charge in [0.1, 0.15) is 5.75 Å². The van der Waals surface area contributed by atoms with Crippen molar-refractivity contribution in [2.75, 3.05) is 13.7 Å². The first-order chi connectivity index (χ1) is 14.0.